The fourth-order valence-corrected chi connectivity index (χ4v) is 3.25. The molecule has 144 valence electrons. The molecule has 2 amide bonds. The first kappa shape index (κ1) is 19.4. The third-order valence-corrected chi connectivity index (χ3v) is 4.63. The van der Waals surface area contributed by atoms with Crippen LogP contribution in [0.1, 0.15) is 17.3 Å². The number of nitrogens with zero attached hydrogens (tertiary/aromatic N) is 1. The third kappa shape index (κ3) is 4.47. The molecule has 0 aliphatic heterocycles. The number of anilines is 2. The first-order valence-electron chi connectivity index (χ1n) is 8.37. The number of rotatable bonds is 6. The summed E-state index contributed by atoms with van der Waals surface area (Å²) in [5.41, 5.74) is 2.68. The van der Waals surface area contributed by atoms with Crippen LogP contribution < -0.4 is 20.1 Å². The molecule has 1 aromatic heterocycles. The third-order valence-electron chi connectivity index (χ3n) is 3.87. The Morgan fingerprint density at radius 3 is 2.32 bits per heavy atom. The average Bonchev–Trinajstić information content (AvgIpc) is 3.16. The van der Waals surface area contributed by atoms with E-state index in [2.05, 4.69) is 15.6 Å². The minimum absolute atomic E-state index is 0.164. The van der Waals surface area contributed by atoms with Gasteiger partial charge < -0.3 is 14.8 Å². The molecule has 0 radical (unpaired) electrons. The van der Waals surface area contributed by atoms with Crippen LogP contribution in [0.5, 0.6) is 11.5 Å². The van der Waals surface area contributed by atoms with Gasteiger partial charge in [-0.25, -0.2) is 4.98 Å². The molecule has 0 saturated carbocycles. The molecule has 8 heteroatoms. The molecule has 0 spiro atoms. The van der Waals surface area contributed by atoms with E-state index in [0.29, 0.717) is 27.9 Å². The lowest BCUT2D eigenvalue weighted by molar-refractivity contribution is -0.114. The first-order valence-corrected chi connectivity index (χ1v) is 9.25. The summed E-state index contributed by atoms with van der Waals surface area (Å²) in [7, 11) is 3.16. The van der Waals surface area contributed by atoms with Crippen LogP contribution >= 0.6 is 11.3 Å². The summed E-state index contributed by atoms with van der Waals surface area (Å²) >= 11 is 1.33. The molecule has 0 saturated heterocycles. The molecule has 7 nitrogen and oxygen atoms in total. The van der Waals surface area contributed by atoms with Crippen LogP contribution in [-0.4, -0.2) is 31.0 Å². The van der Waals surface area contributed by atoms with Crippen molar-refractivity contribution in [3.63, 3.8) is 0 Å². The normalized spacial score (nSPS) is 10.2. The van der Waals surface area contributed by atoms with E-state index < -0.39 is 0 Å². The number of carbonyl (C=O) groups excluding carboxylic acids is 2. The smallest absolute Gasteiger partial charge is 0.257 e. The Morgan fingerprint density at radius 1 is 0.964 bits per heavy atom. The van der Waals surface area contributed by atoms with E-state index in [9.17, 15) is 9.59 Å². The Labute approximate surface area is 166 Å². The zero-order chi connectivity index (χ0) is 20.1. The summed E-state index contributed by atoms with van der Waals surface area (Å²) in [4.78, 5) is 27.9. The Bertz CT molecular complexity index is 999. The van der Waals surface area contributed by atoms with Crippen molar-refractivity contribution in [1.82, 2.24) is 4.98 Å². The van der Waals surface area contributed by atoms with Crippen molar-refractivity contribution in [1.29, 1.82) is 0 Å². The molecule has 3 rings (SSSR count). The van der Waals surface area contributed by atoms with E-state index in [1.165, 1.54) is 18.3 Å². The molecule has 0 aliphatic rings. The number of methoxy groups -OCH3 is 2. The van der Waals surface area contributed by atoms with Gasteiger partial charge in [0.2, 0.25) is 5.91 Å². The minimum Gasteiger partial charge on any atom is -0.493 e. The first-order chi connectivity index (χ1) is 13.5. The topological polar surface area (TPSA) is 89.6 Å². The van der Waals surface area contributed by atoms with Crippen molar-refractivity contribution >= 4 is 34.0 Å². The van der Waals surface area contributed by atoms with E-state index >= 15 is 0 Å². The summed E-state index contributed by atoms with van der Waals surface area (Å²) < 4.78 is 10.6. The van der Waals surface area contributed by atoms with Gasteiger partial charge in [0.25, 0.3) is 5.91 Å². The van der Waals surface area contributed by atoms with E-state index in [1.807, 2.05) is 23.6 Å². The summed E-state index contributed by atoms with van der Waals surface area (Å²) in [5.74, 6) is 0.806. The zero-order valence-electron chi connectivity index (χ0n) is 15.6. The average molecular weight is 397 g/mol. The molecule has 2 aromatic carbocycles. The lowest BCUT2D eigenvalue weighted by atomic mass is 10.1. The number of ether oxygens (including phenoxy) is 2. The molecule has 28 heavy (non-hydrogen) atoms. The van der Waals surface area contributed by atoms with Gasteiger partial charge in [0.1, 0.15) is 0 Å². The van der Waals surface area contributed by atoms with Gasteiger partial charge in [-0.15, -0.1) is 11.3 Å². The lowest BCUT2D eigenvalue weighted by Gasteiger charge is -2.08. The van der Waals surface area contributed by atoms with Crippen molar-refractivity contribution in [2.24, 2.45) is 0 Å². The molecule has 2 N–H and O–H groups in total. The van der Waals surface area contributed by atoms with E-state index in [-0.39, 0.29) is 11.8 Å². The largest absolute Gasteiger partial charge is 0.493 e. The minimum atomic E-state index is -0.275. The van der Waals surface area contributed by atoms with Crippen LogP contribution in [0.25, 0.3) is 11.3 Å². The Morgan fingerprint density at radius 2 is 1.68 bits per heavy atom. The van der Waals surface area contributed by atoms with Gasteiger partial charge in [0.05, 0.1) is 19.9 Å². The van der Waals surface area contributed by atoms with Crippen LogP contribution in [0, 0.1) is 0 Å². The number of aromatic nitrogens is 1. The van der Waals surface area contributed by atoms with Crippen LogP contribution in [0.3, 0.4) is 0 Å². The number of amides is 2. The number of nitrogens with one attached hydrogen (secondary N) is 2. The fraction of sp³-hybridized carbons (Fsp3) is 0.150. The highest BCUT2D eigenvalue weighted by Gasteiger charge is 2.12. The predicted molar refractivity (Wildman–Crippen MR) is 109 cm³/mol. The molecule has 0 atom stereocenters. The lowest BCUT2D eigenvalue weighted by Crippen LogP contribution is -2.12. The Kier molecular flexibility index (Phi) is 5.90. The second kappa shape index (κ2) is 8.53. The maximum absolute atomic E-state index is 12.4. The highest BCUT2D eigenvalue weighted by Crippen LogP contribution is 2.33. The van der Waals surface area contributed by atoms with E-state index in [1.54, 1.807) is 38.5 Å². The Hall–Kier alpha value is -3.39. The van der Waals surface area contributed by atoms with Crippen molar-refractivity contribution < 1.29 is 19.1 Å². The van der Waals surface area contributed by atoms with Gasteiger partial charge in [-0.1, -0.05) is 0 Å². The summed E-state index contributed by atoms with van der Waals surface area (Å²) in [6.07, 6.45) is 0. The molecule has 0 aliphatic carbocycles. The van der Waals surface area contributed by atoms with Crippen molar-refractivity contribution in [2.75, 3.05) is 24.9 Å². The van der Waals surface area contributed by atoms with Crippen LogP contribution in [0.4, 0.5) is 10.8 Å². The van der Waals surface area contributed by atoms with Gasteiger partial charge >= 0.3 is 0 Å². The molecule has 0 fully saturated rings. The van der Waals surface area contributed by atoms with Crippen molar-refractivity contribution in [3.05, 3.63) is 53.4 Å². The van der Waals surface area contributed by atoms with Gasteiger partial charge in [-0.2, -0.15) is 0 Å². The number of carbonyl (C=O) groups is 2. The number of hydrogen-bond acceptors (Lipinski definition) is 6. The molecular formula is C20H19N3O4S. The van der Waals surface area contributed by atoms with Gasteiger partial charge in [0.15, 0.2) is 16.6 Å². The molecule has 3 aromatic rings. The number of thiazole rings is 1. The highest BCUT2D eigenvalue weighted by atomic mass is 32.1. The quantitative estimate of drug-likeness (QED) is 0.655. The zero-order valence-corrected chi connectivity index (χ0v) is 16.4. The van der Waals surface area contributed by atoms with Crippen LogP contribution in [-0.2, 0) is 4.79 Å². The maximum atomic E-state index is 12.4. The second-order valence-electron chi connectivity index (χ2n) is 5.82. The predicted octanol–water partition coefficient (Wildman–Crippen LogP) is 4.04. The highest BCUT2D eigenvalue weighted by molar-refractivity contribution is 7.14. The summed E-state index contributed by atoms with van der Waals surface area (Å²) in [6, 6.07) is 12.2. The molecule has 1 heterocycles. The van der Waals surface area contributed by atoms with Crippen molar-refractivity contribution in [2.45, 2.75) is 6.92 Å². The number of hydrogen-bond donors (Lipinski definition) is 2. The van der Waals surface area contributed by atoms with Crippen LogP contribution in [0.15, 0.2) is 47.8 Å². The second-order valence-corrected chi connectivity index (χ2v) is 6.68. The van der Waals surface area contributed by atoms with E-state index in [4.69, 9.17) is 9.47 Å². The maximum Gasteiger partial charge on any atom is 0.257 e. The molecular weight excluding hydrogens is 378 g/mol. The van der Waals surface area contributed by atoms with Gasteiger partial charge in [-0.05, 0) is 42.5 Å². The number of benzene rings is 2. The van der Waals surface area contributed by atoms with E-state index in [0.717, 1.165) is 11.3 Å². The summed E-state index contributed by atoms with van der Waals surface area (Å²) in [5, 5.41) is 7.79. The van der Waals surface area contributed by atoms with Gasteiger partial charge in [-0.3, -0.25) is 14.9 Å². The van der Waals surface area contributed by atoms with Crippen LogP contribution in [0.2, 0.25) is 0 Å². The van der Waals surface area contributed by atoms with Crippen molar-refractivity contribution in [3.8, 4) is 22.8 Å². The summed E-state index contributed by atoms with van der Waals surface area (Å²) in [6.45, 7) is 1.43. The standard InChI is InChI=1S/C20H19N3O4S/c1-12(24)21-15-7-4-13(5-8-15)19(25)23-20-22-16(11-28-20)14-6-9-17(26-2)18(10-14)27-3/h4-11H,1-3H3,(H,21,24)(H,22,23,25). The SMILES string of the molecule is COc1ccc(-c2csc(NC(=O)c3ccc(NC(C)=O)cc3)n2)cc1OC. The Balaban J connectivity index is 1.72. The molecule has 0 bridgehead atoms. The van der Waals surface area contributed by atoms with Gasteiger partial charge in [0, 0.05) is 29.1 Å². The molecule has 0 unspecified atom stereocenters. The monoisotopic (exact) mass is 397 g/mol. The fourth-order valence-electron chi connectivity index (χ4n) is 2.54.